The molecule has 1 aliphatic carbocycles. The number of hydrogen-bond donors (Lipinski definition) is 2. The van der Waals surface area contributed by atoms with Crippen molar-refractivity contribution in [1.82, 2.24) is 9.80 Å². The van der Waals surface area contributed by atoms with Gasteiger partial charge in [0.15, 0.2) is 28.8 Å². The molecule has 3 aliphatic heterocycles. The summed E-state index contributed by atoms with van der Waals surface area (Å²) in [5.41, 5.74) is 0.998. The third-order valence-electron chi connectivity index (χ3n) is 9.73. The second-order valence-electron chi connectivity index (χ2n) is 12.1. The van der Waals surface area contributed by atoms with Crippen molar-refractivity contribution in [2.24, 2.45) is 0 Å². The lowest BCUT2D eigenvalue weighted by molar-refractivity contribution is -0.145. The van der Waals surface area contributed by atoms with Gasteiger partial charge >= 0.3 is 5.97 Å². The molecule has 1 fully saturated rings. The molecule has 1 aromatic rings. The fourth-order valence-electron chi connectivity index (χ4n) is 7.61. The lowest BCUT2D eigenvalue weighted by Gasteiger charge is -2.60. The van der Waals surface area contributed by atoms with Crippen LogP contribution in [0.15, 0.2) is 34.1 Å². The molecule has 2 N–H and O–H groups in total. The van der Waals surface area contributed by atoms with Crippen molar-refractivity contribution >= 4 is 29.1 Å². The fraction of sp³-hybridized carbons (Fsp3) is 0.485. The van der Waals surface area contributed by atoms with E-state index in [0.29, 0.717) is 5.57 Å². The van der Waals surface area contributed by atoms with Crippen LogP contribution in [0.3, 0.4) is 0 Å². The molecule has 240 valence electrons. The molecule has 12 nitrogen and oxygen atoms in total. The topological polar surface area (TPSA) is 160 Å². The van der Waals surface area contributed by atoms with Crippen molar-refractivity contribution in [1.29, 1.82) is 0 Å². The van der Waals surface area contributed by atoms with Crippen molar-refractivity contribution in [3.8, 4) is 17.2 Å². The minimum atomic E-state index is -1.04. The number of benzene rings is 1. The van der Waals surface area contributed by atoms with Crippen molar-refractivity contribution < 1.29 is 48.4 Å². The summed E-state index contributed by atoms with van der Waals surface area (Å²) >= 11 is 0. The summed E-state index contributed by atoms with van der Waals surface area (Å²) in [4.78, 5) is 71.4. The zero-order chi connectivity index (χ0) is 33.2. The number of fused-ring (bicyclic) bond motifs is 6. The van der Waals surface area contributed by atoms with Gasteiger partial charge in [0.05, 0.1) is 37.9 Å². The average Bonchev–Trinajstić information content (AvgIpc) is 2.99. The third-order valence-corrected chi connectivity index (χ3v) is 9.73. The van der Waals surface area contributed by atoms with E-state index in [0.717, 1.165) is 0 Å². The first-order chi connectivity index (χ1) is 21.2. The van der Waals surface area contributed by atoms with E-state index in [9.17, 15) is 34.2 Å². The number of methoxy groups -OCH3 is 2. The Hall–Kier alpha value is -4.29. The SMILES string of the molecule is CC=C(C)C(=O)OCC1C2=C(CC3C4c5c(O)c(OC)c(C)c(O)c5C(=O)C(C(CC(C)=O)N13)N4C)C(=O)C(C)=C(OC)C2=O. The van der Waals surface area contributed by atoms with Crippen LogP contribution < -0.4 is 4.74 Å². The molecule has 12 heteroatoms. The minimum absolute atomic E-state index is 0.00114. The van der Waals surface area contributed by atoms with Crippen LogP contribution in [0.25, 0.3) is 0 Å². The zero-order valence-corrected chi connectivity index (χ0v) is 26.6. The van der Waals surface area contributed by atoms with Crippen molar-refractivity contribution in [2.75, 3.05) is 27.9 Å². The highest BCUT2D eigenvalue weighted by molar-refractivity contribution is 6.25. The van der Waals surface area contributed by atoms with Gasteiger partial charge in [0.25, 0.3) is 0 Å². The standard InChI is InChI=1S/C33H38N2O10/c1-9-13(2)33(42)45-12-20-21-17(26(37)15(4)31(43-7)29(21)40)11-19-24-22-23(27(38)16(5)32(44-8)30(22)41)28(39)25(34(24)6)18(35(19)20)10-14(3)36/h9,18-20,24-25,38,41H,10-12H2,1-8H3. The molecule has 1 aromatic carbocycles. The third kappa shape index (κ3) is 4.61. The number of ketones is 4. The molecule has 4 aliphatic rings. The number of carbonyl (C=O) groups is 5. The van der Waals surface area contributed by atoms with Crippen LogP contribution >= 0.6 is 0 Å². The molecule has 1 saturated heterocycles. The Morgan fingerprint density at radius 2 is 1.67 bits per heavy atom. The predicted molar refractivity (Wildman–Crippen MR) is 160 cm³/mol. The van der Waals surface area contributed by atoms with E-state index < -0.39 is 53.5 Å². The van der Waals surface area contributed by atoms with Gasteiger partial charge in [-0.1, -0.05) is 6.08 Å². The first-order valence-corrected chi connectivity index (χ1v) is 14.8. The van der Waals surface area contributed by atoms with Crippen LogP contribution in [-0.2, 0) is 28.7 Å². The highest BCUT2D eigenvalue weighted by atomic mass is 16.5. The summed E-state index contributed by atoms with van der Waals surface area (Å²) < 4.78 is 16.5. The number of rotatable bonds is 7. The Balaban J connectivity index is 1.80. The van der Waals surface area contributed by atoms with Gasteiger partial charge in [-0.05, 0) is 48.1 Å². The predicted octanol–water partition coefficient (Wildman–Crippen LogP) is 2.64. The van der Waals surface area contributed by atoms with Crippen molar-refractivity contribution in [2.45, 2.75) is 77.7 Å². The number of Topliss-reactive ketones (excluding diaryl/α,β-unsaturated/α-hetero) is 4. The molecule has 0 amide bonds. The summed E-state index contributed by atoms with van der Waals surface area (Å²) in [6.07, 6.45) is 1.48. The molecule has 5 atom stereocenters. The number of allylic oxidation sites excluding steroid dienone is 3. The van der Waals surface area contributed by atoms with Gasteiger partial charge < -0.3 is 24.4 Å². The number of likely N-dealkylation sites (N-methyl/N-ethyl adjacent to an activating group) is 1. The lowest BCUT2D eigenvalue weighted by atomic mass is 9.68. The zero-order valence-electron chi connectivity index (χ0n) is 26.6. The van der Waals surface area contributed by atoms with Crippen LogP contribution in [0.1, 0.15) is 68.1 Å². The quantitative estimate of drug-likeness (QED) is 0.198. The maximum atomic E-state index is 14.3. The van der Waals surface area contributed by atoms with Crippen LogP contribution in [-0.4, -0.2) is 101 Å². The van der Waals surface area contributed by atoms with Gasteiger partial charge in [0.1, 0.15) is 18.1 Å². The summed E-state index contributed by atoms with van der Waals surface area (Å²) in [5, 5.41) is 22.8. The second kappa shape index (κ2) is 11.6. The monoisotopic (exact) mass is 622 g/mol. The maximum absolute atomic E-state index is 14.3. The first kappa shape index (κ1) is 32.1. The lowest BCUT2D eigenvalue weighted by Crippen LogP contribution is -2.72. The van der Waals surface area contributed by atoms with Crippen LogP contribution in [0.5, 0.6) is 17.2 Å². The number of ether oxygens (including phenoxy) is 3. The number of aromatic hydroxyl groups is 2. The van der Waals surface area contributed by atoms with Crippen molar-refractivity contribution in [3.05, 3.63) is 50.8 Å². The Labute approximate surface area is 260 Å². The fourth-order valence-corrected chi connectivity index (χ4v) is 7.61. The van der Waals surface area contributed by atoms with Crippen LogP contribution in [0, 0.1) is 6.92 Å². The van der Waals surface area contributed by atoms with Crippen LogP contribution in [0.4, 0.5) is 0 Å². The largest absolute Gasteiger partial charge is 0.507 e. The molecule has 3 heterocycles. The second-order valence-corrected chi connectivity index (χ2v) is 12.1. The van der Waals surface area contributed by atoms with Crippen molar-refractivity contribution in [3.63, 3.8) is 0 Å². The number of esters is 1. The molecule has 0 aromatic heterocycles. The molecule has 2 bridgehead atoms. The van der Waals surface area contributed by atoms with Crippen LogP contribution in [0.2, 0.25) is 0 Å². The van der Waals surface area contributed by atoms with Gasteiger partial charge in [-0.25, -0.2) is 4.79 Å². The van der Waals surface area contributed by atoms with E-state index in [-0.39, 0.29) is 81.6 Å². The molecule has 45 heavy (non-hydrogen) atoms. The highest BCUT2D eigenvalue weighted by Crippen LogP contribution is 2.56. The molecule has 0 radical (unpaired) electrons. The van der Waals surface area contributed by atoms with E-state index in [1.54, 1.807) is 31.9 Å². The Morgan fingerprint density at radius 3 is 2.24 bits per heavy atom. The Morgan fingerprint density at radius 1 is 1.00 bits per heavy atom. The highest BCUT2D eigenvalue weighted by Gasteiger charge is 2.60. The average molecular weight is 623 g/mol. The summed E-state index contributed by atoms with van der Waals surface area (Å²) in [6.45, 7) is 7.33. The number of nitrogens with zero attached hydrogens (tertiary/aromatic N) is 2. The summed E-state index contributed by atoms with van der Waals surface area (Å²) in [6, 6.07) is -4.39. The number of carbonyl (C=O) groups excluding carboxylic acids is 5. The van der Waals surface area contributed by atoms with Gasteiger partial charge in [0.2, 0.25) is 5.78 Å². The molecule has 5 rings (SSSR count). The van der Waals surface area contributed by atoms with E-state index >= 15 is 0 Å². The number of phenolic OH excluding ortho intramolecular Hbond substituents is 2. The Bertz CT molecular complexity index is 1650. The molecule has 5 unspecified atom stereocenters. The Kier molecular flexibility index (Phi) is 8.26. The molecule has 0 spiro atoms. The first-order valence-electron chi connectivity index (χ1n) is 14.8. The van der Waals surface area contributed by atoms with E-state index in [4.69, 9.17) is 14.2 Å². The van der Waals surface area contributed by atoms with E-state index in [2.05, 4.69) is 0 Å². The van der Waals surface area contributed by atoms with Gasteiger partial charge in [0, 0.05) is 51.9 Å². The normalized spacial score (nSPS) is 26.8. The van der Waals surface area contributed by atoms with E-state index in [1.165, 1.54) is 35.0 Å². The van der Waals surface area contributed by atoms with Gasteiger partial charge in [-0.15, -0.1) is 0 Å². The van der Waals surface area contributed by atoms with Gasteiger partial charge in [-0.2, -0.15) is 0 Å². The minimum Gasteiger partial charge on any atom is -0.507 e. The number of phenols is 2. The smallest absolute Gasteiger partial charge is 0.333 e. The molecular formula is C33H38N2O10. The van der Waals surface area contributed by atoms with E-state index in [1.807, 2.05) is 4.90 Å². The van der Waals surface area contributed by atoms with Gasteiger partial charge in [-0.3, -0.25) is 29.0 Å². The number of piperazine rings is 1. The summed E-state index contributed by atoms with van der Waals surface area (Å²) in [5.74, 6) is -3.12. The maximum Gasteiger partial charge on any atom is 0.333 e. The molecule has 0 saturated carbocycles. The molecular weight excluding hydrogens is 584 g/mol. The number of hydrogen-bond acceptors (Lipinski definition) is 12. The summed E-state index contributed by atoms with van der Waals surface area (Å²) in [7, 11) is 4.33.